The molecule has 2 bridgehead atoms. The van der Waals surface area contributed by atoms with Crippen LogP contribution in [-0.4, -0.2) is 51.5 Å². The Morgan fingerprint density at radius 3 is 2.07 bits per heavy atom. The Morgan fingerprint density at radius 1 is 0.976 bits per heavy atom. The Labute approximate surface area is 254 Å². The van der Waals surface area contributed by atoms with Gasteiger partial charge in [0.05, 0.1) is 12.0 Å². The number of aliphatic hydroxyl groups is 3. The Bertz CT molecular complexity index is 1030. The highest BCUT2D eigenvalue weighted by Crippen LogP contribution is 2.71. The number of hydrogen-bond acceptors (Lipinski definition) is 6. The van der Waals surface area contributed by atoms with Crippen molar-refractivity contribution in [1.82, 2.24) is 0 Å². The molecule has 1 unspecified atom stereocenters. The van der Waals surface area contributed by atoms with E-state index >= 15 is 0 Å². The number of hydrogen-bond donors (Lipinski definition) is 3. The van der Waals surface area contributed by atoms with E-state index in [0.29, 0.717) is 23.5 Å². The van der Waals surface area contributed by atoms with Gasteiger partial charge in [0.15, 0.2) is 17.5 Å². The quantitative estimate of drug-likeness (QED) is 0.104. The molecule has 3 N–H and O–H groups in total. The van der Waals surface area contributed by atoms with Crippen LogP contribution < -0.4 is 0 Å². The molecule has 2 saturated carbocycles. The predicted molar refractivity (Wildman–Crippen MR) is 166 cm³/mol. The van der Waals surface area contributed by atoms with Crippen LogP contribution in [0, 0.1) is 34.5 Å². The first-order valence-electron chi connectivity index (χ1n) is 17.1. The van der Waals surface area contributed by atoms with Crippen molar-refractivity contribution in [3.8, 4) is 0 Å². The van der Waals surface area contributed by atoms with Crippen molar-refractivity contribution in [1.29, 1.82) is 0 Å². The summed E-state index contributed by atoms with van der Waals surface area (Å²) >= 11 is 0. The first-order chi connectivity index (χ1) is 20.0. The van der Waals surface area contributed by atoms with Crippen LogP contribution in [0.5, 0.6) is 0 Å². The van der Waals surface area contributed by atoms with E-state index in [0.717, 1.165) is 19.3 Å². The number of ketones is 1. The number of carbonyl (C=O) groups is 2. The highest BCUT2D eigenvalue weighted by molar-refractivity contribution is 5.95. The summed E-state index contributed by atoms with van der Waals surface area (Å²) in [4.78, 5) is 27.6. The number of esters is 1. The number of rotatable bonds is 16. The maximum Gasteiger partial charge on any atom is 0.306 e. The molecule has 0 amide bonds. The summed E-state index contributed by atoms with van der Waals surface area (Å²) in [5, 5.41) is 34.4. The first kappa shape index (κ1) is 33.4. The van der Waals surface area contributed by atoms with Crippen LogP contribution in [0.25, 0.3) is 0 Å². The second-order valence-corrected chi connectivity index (χ2v) is 14.7. The van der Waals surface area contributed by atoms with E-state index in [9.17, 15) is 24.9 Å². The Balaban J connectivity index is 1.35. The summed E-state index contributed by atoms with van der Waals surface area (Å²) in [7, 11) is 0. The van der Waals surface area contributed by atoms with Gasteiger partial charge in [-0.15, -0.1) is 0 Å². The number of carbonyl (C=O) groups excluding carboxylic acids is 2. The van der Waals surface area contributed by atoms with Crippen LogP contribution in [-0.2, 0) is 14.3 Å². The minimum Gasteiger partial charge on any atom is -0.454 e. The average Bonchev–Trinajstić information content (AvgIpc) is 3.46. The van der Waals surface area contributed by atoms with Crippen LogP contribution >= 0.6 is 0 Å². The van der Waals surface area contributed by atoms with Gasteiger partial charge in [-0.3, -0.25) is 9.59 Å². The number of unbranched alkanes of at least 4 members (excludes halogenated alkanes) is 12. The second kappa shape index (κ2) is 13.6. The van der Waals surface area contributed by atoms with Gasteiger partial charge in [-0.2, -0.15) is 0 Å². The molecule has 4 aliphatic carbocycles. The van der Waals surface area contributed by atoms with Gasteiger partial charge in [-0.05, 0) is 54.1 Å². The van der Waals surface area contributed by atoms with E-state index in [1.807, 2.05) is 6.92 Å². The van der Waals surface area contributed by atoms with Crippen LogP contribution in [0.4, 0.5) is 0 Å². The Hall–Kier alpha value is -1.50. The maximum atomic E-state index is 14.4. The lowest BCUT2D eigenvalue weighted by atomic mass is 9.59. The lowest BCUT2D eigenvalue weighted by molar-refractivity contribution is -0.204. The zero-order valence-corrected chi connectivity index (χ0v) is 27.0. The average molecular weight is 587 g/mol. The minimum atomic E-state index is -2.05. The van der Waals surface area contributed by atoms with Gasteiger partial charge in [0.1, 0.15) is 6.10 Å². The van der Waals surface area contributed by atoms with Crippen LogP contribution in [0.3, 0.4) is 0 Å². The largest absolute Gasteiger partial charge is 0.454 e. The zero-order chi connectivity index (χ0) is 30.7. The molecular weight excluding hydrogens is 528 g/mol. The van der Waals surface area contributed by atoms with E-state index in [1.165, 1.54) is 64.2 Å². The predicted octanol–water partition coefficient (Wildman–Crippen LogP) is 6.85. The number of Topliss-reactive ketones (excluding diaryl/α,β-unsaturated/α-hetero) is 1. The third-order valence-corrected chi connectivity index (χ3v) is 11.6. The van der Waals surface area contributed by atoms with Crippen LogP contribution in [0.1, 0.15) is 131 Å². The SMILES string of the molecule is CCCCCCCCCCCCCCCC(=O)O[C@@H]1C(CO)=CC2C(=O)[C@]3(C=C(C)[C@H](O)[C@@]13O)[C@H](C)C[C@@H]1[C@H]2C1(C)C. The molecule has 0 aromatic heterocycles. The topological polar surface area (TPSA) is 104 Å². The molecule has 0 saturated heterocycles. The standard InChI is InChI=1S/C36H58O6/c1-6-7-8-9-10-11-12-13-14-15-16-17-18-19-29(38)42-33-26(23-37)21-27-30-28(34(30,4)5)20-25(3)35(32(27)40)22-24(2)31(39)36(33,35)41/h21-22,25,27-28,30-31,33,37,39,41H,6-20,23H2,1-5H3/t25-,27?,28-,30+,31+,33-,35+,36-/m1/s1. The van der Waals surface area contributed by atoms with E-state index in [2.05, 4.69) is 20.8 Å². The van der Waals surface area contributed by atoms with Crippen LogP contribution in [0.15, 0.2) is 23.3 Å². The molecule has 8 atom stereocenters. The molecule has 4 rings (SSSR count). The number of allylic oxidation sites excluding steroid dienone is 1. The highest BCUT2D eigenvalue weighted by Gasteiger charge is 2.76. The van der Waals surface area contributed by atoms with Crippen molar-refractivity contribution in [3.63, 3.8) is 0 Å². The smallest absolute Gasteiger partial charge is 0.306 e. The summed E-state index contributed by atoms with van der Waals surface area (Å²) in [6.45, 7) is 9.88. The fraction of sp³-hybridized carbons (Fsp3) is 0.833. The molecular formula is C36H58O6. The van der Waals surface area contributed by atoms with Gasteiger partial charge >= 0.3 is 5.97 Å². The lowest BCUT2D eigenvalue weighted by Gasteiger charge is -2.49. The maximum absolute atomic E-state index is 14.4. The molecule has 6 nitrogen and oxygen atoms in total. The molecule has 0 aliphatic heterocycles. The minimum absolute atomic E-state index is 0.0217. The normalized spacial score (nSPS) is 36.3. The fourth-order valence-corrected chi connectivity index (χ4v) is 9.05. The van der Waals surface area contributed by atoms with E-state index in [-0.39, 0.29) is 29.5 Å². The van der Waals surface area contributed by atoms with Gasteiger partial charge in [-0.1, -0.05) is 117 Å². The van der Waals surface area contributed by atoms with Gasteiger partial charge in [-0.25, -0.2) is 0 Å². The third kappa shape index (κ3) is 5.94. The molecule has 238 valence electrons. The molecule has 42 heavy (non-hydrogen) atoms. The van der Waals surface area contributed by atoms with Crippen molar-refractivity contribution < 1.29 is 29.6 Å². The first-order valence-corrected chi connectivity index (χ1v) is 17.1. The van der Waals surface area contributed by atoms with Crippen molar-refractivity contribution in [2.75, 3.05) is 6.61 Å². The third-order valence-electron chi connectivity index (χ3n) is 11.6. The molecule has 0 radical (unpaired) electrons. The Morgan fingerprint density at radius 2 is 1.52 bits per heavy atom. The monoisotopic (exact) mass is 586 g/mol. The summed E-state index contributed by atoms with van der Waals surface area (Å²) in [5.74, 6) is -0.904. The summed E-state index contributed by atoms with van der Waals surface area (Å²) in [5.41, 5.74) is -2.61. The molecule has 0 aromatic rings. The van der Waals surface area contributed by atoms with E-state index in [4.69, 9.17) is 4.74 Å². The second-order valence-electron chi connectivity index (χ2n) is 14.7. The van der Waals surface area contributed by atoms with Gasteiger partial charge in [0, 0.05) is 12.3 Å². The van der Waals surface area contributed by atoms with Crippen molar-refractivity contribution in [2.45, 2.75) is 149 Å². The number of aliphatic hydroxyl groups excluding tert-OH is 2. The molecule has 0 aromatic carbocycles. The lowest BCUT2D eigenvalue weighted by Crippen LogP contribution is -2.66. The van der Waals surface area contributed by atoms with Gasteiger partial charge < -0.3 is 20.1 Å². The van der Waals surface area contributed by atoms with Crippen LogP contribution in [0.2, 0.25) is 0 Å². The summed E-state index contributed by atoms with van der Waals surface area (Å²) in [6.07, 6.45) is 17.6. The van der Waals surface area contributed by atoms with Crippen molar-refractivity contribution >= 4 is 11.8 Å². The fourth-order valence-electron chi connectivity index (χ4n) is 9.05. The van der Waals surface area contributed by atoms with E-state index in [1.54, 1.807) is 19.1 Å². The highest BCUT2D eigenvalue weighted by atomic mass is 16.6. The van der Waals surface area contributed by atoms with Crippen molar-refractivity contribution in [3.05, 3.63) is 23.3 Å². The number of ether oxygens (including phenoxy) is 1. The molecule has 0 heterocycles. The zero-order valence-electron chi connectivity index (χ0n) is 27.0. The Kier molecular flexibility index (Phi) is 10.9. The summed E-state index contributed by atoms with van der Waals surface area (Å²) in [6, 6.07) is 0. The van der Waals surface area contributed by atoms with Gasteiger partial charge in [0.25, 0.3) is 0 Å². The number of fused-ring (bicyclic) bond motifs is 3. The molecule has 4 aliphatic rings. The molecule has 1 spiro atoms. The molecule has 6 heteroatoms. The molecule has 2 fully saturated rings. The van der Waals surface area contributed by atoms with Gasteiger partial charge in [0.2, 0.25) is 0 Å². The van der Waals surface area contributed by atoms with E-state index < -0.39 is 41.7 Å². The summed E-state index contributed by atoms with van der Waals surface area (Å²) < 4.78 is 6.00. The van der Waals surface area contributed by atoms with Crippen molar-refractivity contribution in [2.24, 2.45) is 34.5 Å².